The second kappa shape index (κ2) is 5.07. The zero-order valence-corrected chi connectivity index (χ0v) is 12.4. The molecule has 0 unspecified atom stereocenters. The smallest absolute Gasteiger partial charge is 0.245 e. The van der Waals surface area contributed by atoms with Gasteiger partial charge in [-0.25, -0.2) is 26.3 Å². The van der Waals surface area contributed by atoms with Gasteiger partial charge >= 0.3 is 0 Å². The molecule has 0 atom stereocenters. The lowest BCUT2D eigenvalue weighted by atomic mass is 10.1. The van der Waals surface area contributed by atoms with Crippen molar-refractivity contribution in [3.8, 4) is 0 Å². The van der Waals surface area contributed by atoms with Crippen molar-refractivity contribution in [3.63, 3.8) is 0 Å². The molecule has 0 aliphatic heterocycles. The van der Waals surface area contributed by atoms with Gasteiger partial charge in [0.25, 0.3) is 0 Å². The van der Waals surface area contributed by atoms with Crippen LogP contribution in [0.15, 0.2) is 11.1 Å². The molecular formula is C8H17N5O4S2. The number of hydrogen-bond acceptors (Lipinski definition) is 6. The number of hydrogen-bond donors (Lipinski definition) is 4. The minimum Gasteiger partial charge on any atom is -0.383 e. The van der Waals surface area contributed by atoms with Gasteiger partial charge in [-0.05, 0) is 13.8 Å². The molecule has 0 amide bonds. The zero-order valence-electron chi connectivity index (χ0n) is 10.8. The van der Waals surface area contributed by atoms with Gasteiger partial charge in [0.1, 0.15) is 10.7 Å². The summed E-state index contributed by atoms with van der Waals surface area (Å²) in [5.74, 6) is -0.0821. The second-order valence-electron chi connectivity index (χ2n) is 4.73. The molecule has 0 saturated carbocycles. The van der Waals surface area contributed by atoms with Crippen molar-refractivity contribution in [2.24, 2.45) is 0 Å². The van der Waals surface area contributed by atoms with Crippen LogP contribution in [-0.2, 0) is 20.0 Å². The number of aromatic nitrogens is 2. The SMILES string of the molecule is CC(C)(CNS(=O)(=O)c1cn[nH]c1N)NS(C)(=O)=O. The van der Waals surface area contributed by atoms with E-state index in [1.807, 2.05) is 0 Å². The maximum atomic E-state index is 11.9. The summed E-state index contributed by atoms with van der Waals surface area (Å²) in [6.45, 7) is 2.97. The molecule has 0 fully saturated rings. The molecule has 0 saturated heterocycles. The zero-order chi connectivity index (χ0) is 14.9. The quantitative estimate of drug-likeness (QED) is 0.508. The van der Waals surface area contributed by atoms with E-state index in [-0.39, 0.29) is 17.3 Å². The first kappa shape index (κ1) is 15.9. The molecule has 110 valence electrons. The highest BCUT2D eigenvalue weighted by molar-refractivity contribution is 7.89. The minimum atomic E-state index is -3.84. The Hall–Kier alpha value is -1.17. The van der Waals surface area contributed by atoms with Crippen molar-refractivity contribution in [2.75, 3.05) is 18.5 Å². The number of rotatable bonds is 6. The van der Waals surface area contributed by atoms with Gasteiger partial charge in [-0.1, -0.05) is 0 Å². The standard InChI is InChI=1S/C8H17N5O4S2/c1-8(2,13-18(3,14)15)5-11-19(16,17)6-4-10-12-7(6)9/h4,11,13H,5H2,1-3H3,(H3,9,10,12). The van der Waals surface area contributed by atoms with Crippen molar-refractivity contribution in [1.82, 2.24) is 19.6 Å². The Labute approximate surface area is 112 Å². The summed E-state index contributed by atoms with van der Waals surface area (Å²) in [5, 5.41) is 5.82. The van der Waals surface area contributed by atoms with Crippen molar-refractivity contribution in [2.45, 2.75) is 24.3 Å². The number of aromatic amines is 1. The van der Waals surface area contributed by atoms with E-state index in [4.69, 9.17) is 5.73 Å². The third kappa shape index (κ3) is 4.78. The lowest BCUT2D eigenvalue weighted by Gasteiger charge is -2.25. The summed E-state index contributed by atoms with van der Waals surface area (Å²) >= 11 is 0. The van der Waals surface area contributed by atoms with Gasteiger partial charge in [0.15, 0.2) is 0 Å². The Bertz CT molecular complexity index is 646. The van der Waals surface area contributed by atoms with E-state index in [1.165, 1.54) is 0 Å². The molecule has 19 heavy (non-hydrogen) atoms. The van der Waals surface area contributed by atoms with Gasteiger partial charge < -0.3 is 5.73 Å². The Morgan fingerprint density at radius 3 is 2.37 bits per heavy atom. The van der Waals surface area contributed by atoms with Gasteiger partial charge in [0.05, 0.1) is 12.5 Å². The van der Waals surface area contributed by atoms with Crippen LogP contribution in [0.1, 0.15) is 13.8 Å². The summed E-state index contributed by atoms with van der Waals surface area (Å²) in [5.41, 5.74) is 4.45. The molecule has 11 heteroatoms. The molecule has 1 rings (SSSR count). The number of nitrogens with two attached hydrogens (primary N) is 1. The second-order valence-corrected chi connectivity index (χ2v) is 8.21. The molecule has 0 aliphatic rings. The molecule has 0 aromatic carbocycles. The van der Waals surface area contributed by atoms with Crippen molar-refractivity contribution in [1.29, 1.82) is 0 Å². The summed E-state index contributed by atoms with van der Waals surface area (Å²) in [6.07, 6.45) is 2.08. The Balaban J connectivity index is 2.80. The molecule has 1 aromatic heterocycles. The molecule has 5 N–H and O–H groups in total. The average molecular weight is 311 g/mol. The van der Waals surface area contributed by atoms with Crippen LogP contribution in [0.2, 0.25) is 0 Å². The van der Waals surface area contributed by atoms with Gasteiger partial charge in [0, 0.05) is 12.1 Å². The highest BCUT2D eigenvalue weighted by atomic mass is 32.2. The lowest BCUT2D eigenvalue weighted by molar-refractivity contribution is 0.446. The van der Waals surface area contributed by atoms with E-state index >= 15 is 0 Å². The molecule has 0 bridgehead atoms. The Morgan fingerprint density at radius 2 is 1.95 bits per heavy atom. The highest BCUT2D eigenvalue weighted by Gasteiger charge is 2.26. The van der Waals surface area contributed by atoms with Crippen LogP contribution in [0.3, 0.4) is 0 Å². The molecule has 1 heterocycles. The van der Waals surface area contributed by atoms with E-state index < -0.39 is 25.6 Å². The van der Waals surface area contributed by atoms with Crippen LogP contribution < -0.4 is 15.2 Å². The first-order valence-electron chi connectivity index (χ1n) is 5.20. The topological polar surface area (TPSA) is 147 Å². The van der Waals surface area contributed by atoms with E-state index in [0.29, 0.717) is 0 Å². The summed E-state index contributed by atoms with van der Waals surface area (Å²) < 4.78 is 50.6. The molecule has 0 radical (unpaired) electrons. The number of anilines is 1. The van der Waals surface area contributed by atoms with Gasteiger partial charge in [-0.3, -0.25) is 5.10 Å². The van der Waals surface area contributed by atoms with E-state index in [9.17, 15) is 16.8 Å². The van der Waals surface area contributed by atoms with E-state index in [2.05, 4.69) is 19.6 Å². The predicted molar refractivity (Wildman–Crippen MR) is 70.2 cm³/mol. The van der Waals surface area contributed by atoms with Crippen molar-refractivity contribution >= 4 is 25.9 Å². The van der Waals surface area contributed by atoms with E-state index in [1.54, 1.807) is 13.8 Å². The predicted octanol–water partition coefficient (Wildman–Crippen LogP) is -1.40. The number of nitrogens with one attached hydrogen (secondary N) is 3. The lowest BCUT2D eigenvalue weighted by Crippen LogP contribution is -2.50. The molecule has 1 aromatic rings. The van der Waals surface area contributed by atoms with Crippen LogP contribution in [0.5, 0.6) is 0 Å². The van der Waals surface area contributed by atoms with Gasteiger partial charge in [-0.15, -0.1) is 0 Å². The molecule has 9 nitrogen and oxygen atoms in total. The summed E-state index contributed by atoms with van der Waals surface area (Å²) in [7, 11) is -7.28. The molecule has 0 spiro atoms. The Kier molecular flexibility index (Phi) is 4.24. The van der Waals surface area contributed by atoms with Crippen molar-refractivity contribution < 1.29 is 16.8 Å². The van der Waals surface area contributed by atoms with Crippen LogP contribution in [0, 0.1) is 0 Å². The first-order chi connectivity index (χ1) is 8.43. The number of nitrogen functional groups attached to an aromatic ring is 1. The number of sulfonamides is 2. The largest absolute Gasteiger partial charge is 0.383 e. The third-order valence-electron chi connectivity index (χ3n) is 2.09. The van der Waals surface area contributed by atoms with Crippen LogP contribution in [0.25, 0.3) is 0 Å². The third-order valence-corrected chi connectivity index (χ3v) is 4.44. The molecule has 0 aliphatic carbocycles. The van der Waals surface area contributed by atoms with Gasteiger partial charge in [-0.2, -0.15) is 5.10 Å². The summed E-state index contributed by atoms with van der Waals surface area (Å²) in [4.78, 5) is -0.178. The fourth-order valence-electron chi connectivity index (χ4n) is 1.39. The maximum absolute atomic E-state index is 11.9. The fourth-order valence-corrected chi connectivity index (χ4v) is 3.70. The van der Waals surface area contributed by atoms with Gasteiger partial charge in [0.2, 0.25) is 20.0 Å². The van der Waals surface area contributed by atoms with E-state index in [0.717, 1.165) is 12.5 Å². The van der Waals surface area contributed by atoms with Crippen LogP contribution in [0.4, 0.5) is 5.82 Å². The first-order valence-corrected chi connectivity index (χ1v) is 8.58. The fraction of sp³-hybridized carbons (Fsp3) is 0.625. The van der Waals surface area contributed by atoms with Crippen LogP contribution >= 0.6 is 0 Å². The Morgan fingerprint density at radius 1 is 1.37 bits per heavy atom. The average Bonchev–Trinajstić information content (AvgIpc) is 2.59. The highest BCUT2D eigenvalue weighted by Crippen LogP contribution is 2.14. The number of nitrogens with zero attached hydrogens (tertiary/aromatic N) is 1. The molecular weight excluding hydrogens is 294 g/mol. The van der Waals surface area contributed by atoms with Crippen LogP contribution in [-0.4, -0.2) is 45.4 Å². The van der Waals surface area contributed by atoms with Crippen molar-refractivity contribution in [3.05, 3.63) is 6.20 Å². The summed E-state index contributed by atoms with van der Waals surface area (Å²) in [6, 6.07) is 0. The normalized spacial score (nSPS) is 13.6. The minimum absolute atomic E-state index is 0.0821. The maximum Gasteiger partial charge on any atom is 0.245 e. The number of H-pyrrole nitrogens is 1. The monoisotopic (exact) mass is 311 g/mol.